The second-order valence-corrected chi connectivity index (χ2v) is 14.2. The molecular formula is C52H33N3. The fourth-order valence-electron chi connectivity index (χ4n) is 8.45. The molecule has 9 aromatic carbocycles. The summed E-state index contributed by atoms with van der Waals surface area (Å²) >= 11 is 0. The highest BCUT2D eigenvalue weighted by Crippen LogP contribution is 2.38. The molecule has 0 fully saturated rings. The van der Waals surface area contributed by atoms with Crippen LogP contribution in [0.25, 0.3) is 105 Å². The number of benzene rings is 9. The van der Waals surface area contributed by atoms with Gasteiger partial charge in [-0.2, -0.15) is 0 Å². The van der Waals surface area contributed by atoms with Crippen LogP contribution in [0.4, 0.5) is 0 Å². The van der Waals surface area contributed by atoms with Crippen LogP contribution >= 0.6 is 0 Å². The summed E-state index contributed by atoms with van der Waals surface area (Å²) in [6.07, 6.45) is 3.57. The Kier molecular flexibility index (Phi) is 7.17. The number of rotatable bonds is 5. The first-order chi connectivity index (χ1) is 27.3. The van der Waals surface area contributed by atoms with Crippen molar-refractivity contribution in [2.24, 2.45) is 0 Å². The number of para-hydroxylation sites is 2. The van der Waals surface area contributed by atoms with Crippen molar-refractivity contribution in [1.29, 1.82) is 0 Å². The van der Waals surface area contributed by atoms with Gasteiger partial charge in [-0.15, -0.1) is 0 Å². The number of fused-ring (bicyclic) bond motifs is 9. The quantitative estimate of drug-likeness (QED) is 0.167. The first-order valence-corrected chi connectivity index (χ1v) is 18.7. The molecule has 256 valence electrons. The van der Waals surface area contributed by atoms with Crippen molar-refractivity contribution in [2.75, 3.05) is 0 Å². The topological polar surface area (TPSA) is 30.7 Å². The van der Waals surface area contributed by atoms with Gasteiger partial charge in [-0.3, -0.25) is 9.97 Å². The SMILES string of the molecule is c1ccc(-n2c3ccccc3c3ccc(-c4cccc(-c5cccc(-c6cccc(-c7ccc8c9ccccc9c9nccnc9c8c7)c6)c5)c4)cc32)cc1. The first kappa shape index (κ1) is 31.2. The van der Waals surface area contributed by atoms with E-state index in [2.05, 4.69) is 193 Å². The van der Waals surface area contributed by atoms with E-state index in [1.54, 1.807) is 12.4 Å². The van der Waals surface area contributed by atoms with Crippen LogP contribution in [0.3, 0.4) is 0 Å². The lowest BCUT2D eigenvalue weighted by molar-refractivity contribution is 1.18. The third-order valence-electron chi connectivity index (χ3n) is 11.1. The molecule has 0 aliphatic rings. The van der Waals surface area contributed by atoms with Crippen LogP contribution in [0.15, 0.2) is 200 Å². The van der Waals surface area contributed by atoms with Crippen LogP contribution in [0.5, 0.6) is 0 Å². The first-order valence-electron chi connectivity index (χ1n) is 18.7. The standard InChI is InChI=1S/C52H33N3/c1-2-17-42(18-3-1)55-49-22-7-6-20-45(49)46-26-24-41(33-50(46)55)39-16-10-14-37(31-39)35-12-8-11-34(29-35)36-13-9-15-38(30-36)40-23-25-44-43-19-4-5-21-47(43)51-52(48(44)32-40)54-28-27-53-51/h1-33H. The zero-order valence-electron chi connectivity index (χ0n) is 29.9. The van der Waals surface area contributed by atoms with Gasteiger partial charge in [-0.1, -0.05) is 140 Å². The molecule has 0 atom stereocenters. The van der Waals surface area contributed by atoms with E-state index in [0.717, 1.165) is 33.1 Å². The van der Waals surface area contributed by atoms with E-state index < -0.39 is 0 Å². The number of aromatic nitrogens is 3. The van der Waals surface area contributed by atoms with E-state index in [1.165, 1.54) is 71.5 Å². The van der Waals surface area contributed by atoms with Crippen molar-refractivity contribution in [3.63, 3.8) is 0 Å². The second-order valence-electron chi connectivity index (χ2n) is 14.2. The summed E-state index contributed by atoms with van der Waals surface area (Å²) in [7, 11) is 0. The Bertz CT molecular complexity index is 3230. The van der Waals surface area contributed by atoms with E-state index in [-0.39, 0.29) is 0 Å². The van der Waals surface area contributed by atoms with Crippen LogP contribution in [0.2, 0.25) is 0 Å². The third-order valence-corrected chi connectivity index (χ3v) is 11.1. The fourth-order valence-corrected chi connectivity index (χ4v) is 8.45. The van der Waals surface area contributed by atoms with Crippen molar-refractivity contribution in [3.8, 4) is 50.2 Å². The molecule has 0 bridgehead atoms. The van der Waals surface area contributed by atoms with Crippen molar-refractivity contribution >= 4 is 54.4 Å². The van der Waals surface area contributed by atoms with E-state index in [1.807, 2.05) is 0 Å². The van der Waals surface area contributed by atoms with Crippen LogP contribution in [0, 0.1) is 0 Å². The van der Waals surface area contributed by atoms with Gasteiger partial charge in [0, 0.05) is 39.6 Å². The van der Waals surface area contributed by atoms with Crippen LogP contribution in [-0.2, 0) is 0 Å². The zero-order chi connectivity index (χ0) is 36.3. The molecule has 55 heavy (non-hydrogen) atoms. The zero-order valence-corrected chi connectivity index (χ0v) is 29.9. The lowest BCUT2D eigenvalue weighted by Gasteiger charge is -2.12. The van der Waals surface area contributed by atoms with Crippen LogP contribution in [-0.4, -0.2) is 14.5 Å². The molecule has 11 aromatic rings. The smallest absolute Gasteiger partial charge is 0.0971 e. The lowest BCUT2D eigenvalue weighted by Crippen LogP contribution is -1.93. The van der Waals surface area contributed by atoms with Crippen molar-refractivity contribution in [2.45, 2.75) is 0 Å². The van der Waals surface area contributed by atoms with Crippen molar-refractivity contribution < 1.29 is 0 Å². The summed E-state index contributed by atoms with van der Waals surface area (Å²) in [5.41, 5.74) is 14.9. The average Bonchev–Trinajstić information content (AvgIpc) is 3.60. The Morgan fingerprint density at radius 3 is 1.33 bits per heavy atom. The molecule has 2 aromatic heterocycles. The summed E-state index contributed by atoms with van der Waals surface area (Å²) < 4.78 is 2.38. The largest absolute Gasteiger partial charge is 0.309 e. The molecule has 2 heterocycles. The molecule has 0 amide bonds. The molecule has 0 radical (unpaired) electrons. The number of nitrogens with zero attached hydrogens (tertiary/aromatic N) is 3. The Morgan fingerprint density at radius 2 is 0.709 bits per heavy atom. The molecule has 0 saturated heterocycles. The minimum absolute atomic E-state index is 0.933. The highest BCUT2D eigenvalue weighted by molar-refractivity contribution is 6.23. The number of hydrogen-bond donors (Lipinski definition) is 0. The predicted octanol–water partition coefficient (Wildman–Crippen LogP) is 13.7. The van der Waals surface area contributed by atoms with Crippen LogP contribution in [0.1, 0.15) is 0 Å². The van der Waals surface area contributed by atoms with Crippen LogP contribution < -0.4 is 0 Å². The Labute approximate surface area is 318 Å². The molecule has 11 rings (SSSR count). The Morgan fingerprint density at radius 1 is 0.273 bits per heavy atom. The van der Waals surface area contributed by atoms with E-state index >= 15 is 0 Å². The minimum atomic E-state index is 0.933. The van der Waals surface area contributed by atoms with Gasteiger partial charge in [-0.25, -0.2) is 0 Å². The summed E-state index contributed by atoms with van der Waals surface area (Å²) in [4.78, 5) is 9.54. The van der Waals surface area contributed by atoms with Crippen molar-refractivity contribution in [3.05, 3.63) is 200 Å². The van der Waals surface area contributed by atoms with Gasteiger partial charge in [0.25, 0.3) is 0 Å². The summed E-state index contributed by atoms with van der Waals surface area (Å²) in [6.45, 7) is 0. The molecule has 0 spiro atoms. The predicted molar refractivity (Wildman–Crippen MR) is 231 cm³/mol. The molecule has 0 saturated carbocycles. The average molecular weight is 700 g/mol. The van der Waals surface area contributed by atoms with Gasteiger partial charge < -0.3 is 4.57 Å². The fraction of sp³-hybridized carbons (Fsp3) is 0. The highest BCUT2D eigenvalue weighted by Gasteiger charge is 2.15. The van der Waals surface area contributed by atoms with Crippen molar-refractivity contribution in [1.82, 2.24) is 14.5 Å². The van der Waals surface area contributed by atoms with Gasteiger partial charge in [0.05, 0.1) is 22.1 Å². The number of hydrogen-bond acceptors (Lipinski definition) is 2. The molecule has 0 aliphatic carbocycles. The van der Waals surface area contributed by atoms with Gasteiger partial charge >= 0.3 is 0 Å². The van der Waals surface area contributed by atoms with Gasteiger partial charge in [-0.05, 0) is 104 Å². The molecule has 0 N–H and O–H groups in total. The van der Waals surface area contributed by atoms with Gasteiger partial charge in [0.1, 0.15) is 0 Å². The van der Waals surface area contributed by atoms with E-state index in [4.69, 9.17) is 9.97 Å². The molecule has 0 aliphatic heterocycles. The molecule has 3 heteroatoms. The van der Waals surface area contributed by atoms with Gasteiger partial charge in [0.2, 0.25) is 0 Å². The van der Waals surface area contributed by atoms with Gasteiger partial charge in [0.15, 0.2) is 0 Å². The Hall–Kier alpha value is -7.36. The normalized spacial score (nSPS) is 11.6. The molecule has 0 unspecified atom stereocenters. The third kappa shape index (κ3) is 5.20. The lowest BCUT2D eigenvalue weighted by atomic mass is 9.93. The maximum Gasteiger partial charge on any atom is 0.0971 e. The van der Waals surface area contributed by atoms with E-state index in [9.17, 15) is 0 Å². The summed E-state index contributed by atoms with van der Waals surface area (Å²) in [5.74, 6) is 0. The summed E-state index contributed by atoms with van der Waals surface area (Å²) in [5, 5.41) is 7.16. The maximum absolute atomic E-state index is 4.80. The summed E-state index contributed by atoms with van der Waals surface area (Å²) in [6, 6.07) is 68.1. The monoisotopic (exact) mass is 699 g/mol. The minimum Gasteiger partial charge on any atom is -0.309 e. The maximum atomic E-state index is 4.80. The molecular weight excluding hydrogens is 667 g/mol. The van der Waals surface area contributed by atoms with E-state index in [0.29, 0.717) is 0 Å². The Balaban J connectivity index is 0.963. The highest BCUT2D eigenvalue weighted by atomic mass is 15.0. The molecule has 3 nitrogen and oxygen atoms in total. The second kappa shape index (κ2) is 12.6.